The molecule has 0 atom stereocenters. The molecule has 0 aliphatic rings. The summed E-state index contributed by atoms with van der Waals surface area (Å²) in [5.41, 5.74) is -0.926. The van der Waals surface area contributed by atoms with Gasteiger partial charge in [0.15, 0.2) is 6.00 Å². The molecular formula is C22H23ClF6N+. The lowest BCUT2D eigenvalue weighted by Crippen LogP contribution is -2.38. The Balaban J connectivity index is 2.45. The van der Waals surface area contributed by atoms with Crippen molar-refractivity contribution in [2.75, 3.05) is 26.6 Å². The molecule has 0 N–H and O–H groups in total. The maximum absolute atomic E-state index is 13.1. The van der Waals surface area contributed by atoms with Gasteiger partial charge in [0.25, 0.3) is 0 Å². The molecule has 0 radical (unpaired) electrons. The third-order valence-corrected chi connectivity index (χ3v) is 5.29. The molecule has 0 fully saturated rings. The van der Waals surface area contributed by atoms with Crippen LogP contribution < -0.4 is 0 Å². The van der Waals surface area contributed by atoms with Crippen molar-refractivity contribution in [1.29, 1.82) is 0 Å². The van der Waals surface area contributed by atoms with E-state index >= 15 is 0 Å². The highest BCUT2D eigenvalue weighted by atomic mass is 35.5. The van der Waals surface area contributed by atoms with E-state index in [2.05, 4.69) is 0 Å². The summed E-state index contributed by atoms with van der Waals surface area (Å²) in [4.78, 5) is 0. The minimum Gasteiger partial charge on any atom is -0.316 e. The summed E-state index contributed by atoms with van der Waals surface area (Å²) in [6.07, 6.45) is -6.23. The summed E-state index contributed by atoms with van der Waals surface area (Å²) in [6.45, 7) is 0.721. The lowest BCUT2D eigenvalue weighted by atomic mass is 9.94. The second-order valence-electron chi connectivity index (χ2n) is 7.70. The Bertz CT molecular complexity index is 824. The first kappa shape index (κ1) is 24.3. The minimum atomic E-state index is -4.54. The predicted octanol–water partition coefficient (Wildman–Crippen LogP) is 7.21. The van der Waals surface area contributed by atoms with Gasteiger partial charge in [-0.3, -0.25) is 0 Å². The molecule has 0 heterocycles. The molecule has 0 saturated heterocycles. The summed E-state index contributed by atoms with van der Waals surface area (Å²) < 4.78 is 79.4. The number of hydrogen-bond acceptors (Lipinski definition) is 0. The van der Waals surface area contributed by atoms with Gasteiger partial charge in [-0.1, -0.05) is 41.9 Å². The number of halogens is 7. The Morgan fingerprint density at radius 3 is 1.73 bits per heavy atom. The van der Waals surface area contributed by atoms with E-state index < -0.39 is 23.5 Å². The molecule has 2 aromatic rings. The SMILES string of the molecule is C[N+](C)(CCl)CCCC=C(c1cccc(C(F)(F)F)c1)c1cccc(C(F)(F)F)c1. The van der Waals surface area contributed by atoms with Crippen LogP contribution in [0.25, 0.3) is 5.57 Å². The van der Waals surface area contributed by atoms with Gasteiger partial charge in [-0.2, -0.15) is 26.3 Å². The summed E-state index contributed by atoms with van der Waals surface area (Å²) in [7, 11) is 3.88. The van der Waals surface area contributed by atoms with Crippen LogP contribution in [0.15, 0.2) is 54.6 Å². The van der Waals surface area contributed by atoms with Crippen LogP contribution in [0.2, 0.25) is 0 Å². The van der Waals surface area contributed by atoms with E-state index in [4.69, 9.17) is 11.6 Å². The molecule has 0 spiro atoms. The highest BCUT2D eigenvalue weighted by Gasteiger charge is 2.32. The summed E-state index contributed by atoms with van der Waals surface area (Å²) in [6, 6.07) is 9.66. The molecule has 2 aromatic carbocycles. The molecule has 164 valence electrons. The van der Waals surface area contributed by atoms with E-state index in [1.807, 2.05) is 14.1 Å². The zero-order chi connectivity index (χ0) is 22.6. The Morgan fingerprint density at radius 2 is 1.33 bits per heavy atom. The second kappa shape index (κ2) is 9.43. The monoisotopic (exact) mass is 450 g/mol. The van der Waals surface area contributed by atoms with Crippen LogP contribution in [-0.4, -0.2) is 31.1 Å². The van der Waals surface area contributed by atoms with Gasteiger partial charge in [0.2, 0.25) is 0 Å². The summed E-state index contributed by atoms with van der Waals surface area (Å²) in [5.74, 6) is 0. The average Bonchev–Trinajstić information content (AvgIpc) is 2.67. The van der Waals surface area contributed by atoms with Gasteiger partial charge >= 0.3 is 12.4 Å². The molecule has 0 unspecified atom stereocenters. The van der Waals surface area contributed by atoms with Crippen molar-refractivity contribution in [3.05, 3.63) is 76.9 Å². The van der Waals surface area contributed by atoms with Gasteiger partial charge in [-0.25, -0.2) is 0 Å². The number of benzene rings is 2. The zero-order valence-electron chi connectivity index (χ0n) is 16.6. The van der Waals surface area contributed by atoms with Crippen molar-refractivity contribution in [1.82, 2.24) is 0 Å². The van der Waals surface area contributed by atoms with Gasteiger partial charge in [-0.15, -0.1) is 0 Å². The van der Waals surface area contributed by atoms with Crippen LogP contribution in [0.1, 0.15) is 35.1 Å². The van der Waals surface area contributed by atoms with E-state index in [9.17, 15) is 26.3 Å². The predicted molar refractivity (Wildman–Crippen MR) is 107 cm³/mol. The quantitative estimate of drug-likeness (QED) is 0.137. The van der Waals surface area contributed by atoms with Crippen LogP contribution in [0.4, 0.5) is 26.3 Å². The topological polar surface area (TPSA) is 0 Å². The fraction of sp³-hybridized carbons (Fsp3) is 0.364. The highest BCUT2D eigenvalue weighted by Crippen LogP contribution is 2.35. The normalized spacial score (nSPS) is 12.7. The molecule has 2 rings (SSSR count). The summed E-state index contributed by atoms with van der Waals surface area (Å²) in [5, 5.41) is 0. The Morgan fingerprint density at radius 1 is 0.867 bits per heavy atom. The lowest BCUT2D eigenvalue weighted by molar-refractivity contribution is -0.879. The van der Waals surface area contributed by atoms with Gasteiger partial charge < -0.3 is 4.48 Å². The van der Waals surface area contributed by atoms with E-state index in [-0.39, 0.29) is 11.1 Å². The standard InChI is InChI=1S/C22H23ClF6N/c1-30(2,15-23)12-4-3-11-20(16-7-5-9-18(13-16)21(24,25)26)17-8-6-10-19(14-17)22(27,28)29/h5-11,13-14H,3-4,12,15H2,1-2H3/q+1. The molecule has 0 amide bonds. The molecule has 30 heavy (non-hydrogen) atoms. The second-order valence-corrected chi connectivity index (χ2v) is 7.94. The number of unbranched alkanes of at least 4 members (excludes halogenated alkanes) is 1. The molecule has 0 aliphatic carbocycles. The first-order valence-electron chi connectivity index (χ1n) is 9.27. The Labute approximate surface area is 177 Å². The Kier molecular flexibility index (Phi) is 7.64. The lowest BCUT2D eigenvalue weighted by Gasteiger charge is -2.26. The van der Waals surface area contributed by atoms with Gasteiger partial charge in [0.05, 0.1) is 31.8 Å². The van der Waals surface area contributed by atoms with Crippen LogP contribution >= 0.6 is 11.6 Å². The van der Waals surface area contributed by atoms with Crippen LogP contribution in [0, 0.1) is 0 Å². The van der Waals surface area contributed by atoms with Crippen molar-refractivity contribution in [3.63, 3.8) is 0 Å². The van der Waals surface area contributed by atoms with Crippen LogP contribution in [0.5, 0.6) is 0 Å². The molecule has 0 bridgehead atoms. The number of alkyl halides is 7. The third kappa shape index (κ3) is 6.77. The smallest absolute Gasteiger partial charge is 0.316 e. The van der Waals surface area contributed by atoms with E-state index in [0.717, 1.165) is 30.8 Å². The van der Waals surface area contributed by atoms with Crippen molar-refractivity contribution >= 4 is 17.2 Å². The van der Waals surface area contributed by atoms with Crippen LogP contribution in [-0.2, 0) is 12.4 Å². The molecule has 1 nitrogen and oxygen atoms in total. The van der Waals surface area contributed by atoms with Gasteiger partial charge in [0, 0.05) is 6.42 Å². The number of quaternary nitrogens is 1. The molecule has 8 heteroatoms. The number of nitrogens with zero attached hydrogens (tertiary/aromatic N) is 1. The van der Waals surface area contributed by atoms with Crippen molar-refractivity contribution < 1.29 is 30.8 Å². The fourth-order valence-electron chi connectivity index (χ4n) is 2.95. The largest absolute Gasteiger partial charge is 0.416 e. The van der Waals surface area contributed by atoms with Crippen molar-refractivity contribution in [3.8, 4) is 0 Å². The van der Waals surface area contributed by atoms with Crippen molar-refractivity contribution in [2.24, 2.45) is 0 Å². The molecule has 0 aromatic heterocycles. The molecular weight excluding hydrogens is 428 g/mol. The van der Waals surface area contributed by atoms with Gasteiger partial charge in [-0.05, 0) is 47.4 Å². The molecule has 0 saturated carbocycles. The van der Waals surface area contributed by atoms with E-state index in [1.54, 1.807) is 6.08 Å². The fourth-order valence-corrected chi connectivity index (χ4v) is 3.07. The minimum absolute atomic E-state index is 0.218. The van der Waals surface area contributed by atoms with Crippen molar-refractivity contribution in [2.45, 2.75) is 25.2 Å². The number of allylic oxidation sites excluding steroid dienone is 1. The first-order chi connectivity index (χ1) is 13.8. The van der Waals surface area contributed by atoms with Gasteiger partial charge in [0.1, 0.15) is 0 Å². The average molecular weight is 451 g/mol. The first-order valence-corrected chi connectivity index (χ1v) is 9.80. The number of hydrogen-bond donors (Lipinski definition) is 0. The summed E-state index contributed by atoms with van der Waals surface area (Å²) >= 11 is 5.89. The van der Waals surface area contributed by atoms with E-state index in [0.29, 0.717) is 28.9 Å². The van der Waals surface area contributed by atoms with E-state index in [1.165, 1.54) is 24.3 Å². The maximum Gasteiger partial charge on any atom is 0.416 e. The number of rotatable bonds is 7. The zero-order valence-corrected chi connectivity index (χ0v) is 17.4. The Hall–Kier alpha value is -1.99. The highest BCUT2D eigenvalue weighted by molar-refractivity contribution is 6.16. The van der Waals surface area contributed by atoms with Crippen LogP contribution in [0.3, 0.4) is 0 Å². The maximum atomic E-state index is 13.1. The molecule has 0 aliphatic heterocycles. The third-order valence-electron chi connectivity index (χ3n) is 4.64.